The van der Waals surface area contributed by atoms with Crippen molar-refractivity contribution in [2.75, 3.05) is 43.9 Å². The first-order valence-corrected chi connectivity index (χ1v) is 11.2. The van der Waals surface area contributed by atoms with Crippen LogP contribution in [0.15, 0.2) is 42.6 Å². The largest absolute Gasteiger partial charge is 0.364 e. The third-order valence-corrected chi connectivity index (χ3v) is 6.17. The summed E-state index contributed by atoms with van der Waals surface area (Å²) in [5.74, 6) is -1.82. The summed E-state index contributed by atoms with van der Waals surface area (Å²) < 4.78 is 13.3. The average molecular weight is 470 g/mol. The van der Waals surface area contributed by atoms with Crippen molar-refractivity contribution in [2.24, 2.45) is 5.73 Å². The van der Waals surface area contributed by atoms with Crippen LogP contribution in [0.1, 0.15) is 26.4 Å². The lowest BCUT2D eigenvalue weighted by atomic mass is 10.1. The Bertz CT molecular complexity index is 1140. The summed E-state index contributed by atoms with van der Waals surface area (Å²) in [6, 6.07) is 10.1. The molecule has 1 aliphatic heterocycles. The molecule has 0 radical (unpaired) electrons. The first kappa shape index (κ1) is 22.8. The Hall–Kier alpha value is -3.41. The van der Waals surface area contributed by atoms with Crippen LogP contribution >= 0.6 is 11.3 Å². The number of primary amides is 1. The van der Waals surface area contributed by atoms with Gasteiger partial charge in [0.25, 0.3) is 11.8 Å². The van der Waals surface area contributed by atoms with Crippen molar-refractivity contribution >= 4 is 39.0 Å². The van der Waals surface area contributed by atoms with E-state index in [1.54, 1.807) is 18.2 Å². The van der Waals surface area contributed by atoms with Crippen molar-refractivity contribution in [3.05, 3.63) is 65.4 Å². The Morgan fingerprint density at radius 2 is 1.88 bits per heavy atom. The molecule has 3 aromatic rings. The number of rotatable bonds is 7. The lowest BCUT2D eigenvalue weighted by Crippen LogP contribution is -2.43. The van der Waals surface area contributed by atoms with Crippen LogP contribution in [0.4, 0.5) is 20.2 Å². The molecule has 9 nitrogen and oxygen atoms in total. The molecular formula is C22H24FN7O2S. The second-order valence-corrected chi connectivity index (χ2v) is 8.78. The standard InChI is InChI=1S/C22H24FN7O2S/c1-29-8-10-30(11-9-29)13-14-2-4-15(5-3-14)20(32)28-21-18(19(24)31)27-22(33-21)26-16-6-7-25-17(23)12-16/h2-7,12H,8-11,13H2,1H3,(H2,24,31)(H,28,32)(H,25,26,27). The van der Waals surface area contributed by atoms with Gasteiger partial charge in [0.2, 0.25) is 5.95 Å². The highest BCUT2D eigenvalue weighted by Crippen LogP contribution is 2.31. The minimum atomic E-state index is -0.780. The number of piperazine rings is 1. The minimum Gasteiger partial charge on any atom is -0.364 e. The molecule has 0 atom stereocenters. The Morgan fingerprint density at radius 3 is 2.55 bits per heavy atom. The predicted molar refractivity (Wildman–Crippen MR) is 125 cm³/mol. The number of likely N-dealkylation sites (N-methyl/N-ethyl adjacent to an activating group) is 1. The number of aromatic nitrogens is 2. The average Bonchev–Trinajstić information content (AvgIpc) is 3.18. The molecule has 1 aliphatic rings. The Kier molecular flexibility index (Phi) is 6.92. The van der Waals surface area contributed by atoms with Crippen LogP contribution in [0.3, 0.4) is 0 Å². The number of amides is 2. The lowest BCUT2D eigenvalue weighted by Gasteiger charge is -2.32. The molecule has 4 rings (SSSR count). The van der Waals surface area contributed by atoms with Crippen molar-refractivity contribution in [1.82, 2.24) is 19.8 Å². The summed E-state index contributed by atoms with van der Waals surface area (Å²) in [6.07, 6.45) is 1.30. The van der Waals surface area contributed by atoms with Crippen LogP contribution in [0, 0.1) is 5.95 Å². The number of carbonyl (C=O) groups excluding carboxylic acids is 2. The maximum absolute atomic E-state index is 13.3. The van der Waals surface area contributed by atoms with Gasteiger partial charge in [-0.3, -0.25) is 14.5 Å². The molecule has 1 aromatic carbocycles. The summed E-state index contributed by atoms with van der Waals surface area (Å²) in [4.78, 5) is 36.9. The summed E-state index contributed by atoms with van der Waals surface area (Å²) in [5, 5.41) is 6.09. The molecule has 2 amide bonds. The predicted octanol–water partition coefficient (Wildman–Crippen LogP) is 2.52. The third-order valence-electron chi connectivity index (χ3n) is 5.28. The molecule has 1 saturated heterocycles. The second-order valence-electron chi connectivity index (χ2n) is 7.78. The summed E-state index contributed by atoms with van der Waals surface area (Å²) in [7, 11) is 2.12. The monoisotopic (exact) mass is 469 g/mol. The minimum absolute atomic E-state index is 0.0722. The van der Waals surface area contributed by atoms with Gasteiger partial charge < -0.3 is 21.3 Å². The number of hydrogen-bond donors (Lipinski definition) is 3. The number of hydrogen-bond acceptors (Lipinski definition) is 8. The van der Waals surface area contributed by atoms with Gasteiger partial charge in [0.05, 0.1) is 0 Å². The number of thiazole rings is 1. The number of benzene rings is 1. The fraction of sp³-hybridized carbons (Fsp3) is 0.273. The van der Waals surface area contributed by atoms with Crippen LogP contribution in [0.5, 0.6) is 0 Å². The van der Waals surface area contributed by atoms with Gasteiger partial charge in [-0.1, -0.05) is 23.5 Å². The molecule has 11 heteroatoms. The zero-order valence-corrected chi connectivity index (χ0v) is 18.9. The number of anilines is 3. The molecule has 4 N–H and O–H groups in total. The van der Waals surface area contributed by atoms with Crippen LogP contribution in [0.2, 0.25) is 0 Å². The van der Waals surface area contributed by atoms with E-state index >= 15 is 0 Å². The Labute approximate surface area is 194 Å². The number of nitrogens with two attached hydrogens (primary N) is 1. The van der Waals surface area contributed by atoms with Gasteiger partial charge in [-0.15, -0.1) is 0 Å². The first-order chi connectivity index (χ1) is 15.9. The quantitative estimate of drug-likeness (QED) is 0.455. The third kappa shape index (κ3) is 5.89. The zero-order chi connectivity index (χ0) is 23.4. The first-order valence-electron chi connectivity index (χ1n) is 10.4. The highest BCUT2D eigenvalue weighted by molar-refractivity contribution is 7.20. The molecule has 0 saturated carbocycles. The van der Waals surface area contributed by atoms with Gasteiger partial charge in [0.15, 0.2) is 10.8 Å². The van der Waals surface area contributed by atoms with Crippen LogP contribution in [0.25, 0.3) is 0 Å². The highest BCUT2D eigenvalue weighted by atomic mass is 32.1. The molecule has 3 heterocycles. The Balaban J connectivity index is 1.43. The molecule has 172 valence electrons. The molecular weight excluding hydrogens is 445 g/mol. The van der Waals surface area contributed by atoms with E-state index in [0.717, 1.165) is 49.6 Å². The fourth-order valence-corrected chi connectivity index (χ4v) is 4.32. The van der Waals surface area contributed by atoms with E-state index in [9.17, 15) is 14.0 Å². The molecule has 0 unspecified atom stereocenters. The van der Waals surface area contributed by atoms with Gasteiger partial charge in [-0.25, -0.2) is 9.97 Å². The smallest absolute Gasteiger partial charge is 0.270 e. The van der Waals surface area contributed by atoms with E-state index in [1.807, 2.05) is 12.1 Å². The number of halogens is 1. The van der Waals surface area contributed by atoms with Crippen LogP contribution in [-0.2, 0) is 6.54 Å². The van der Waals surface area contributed by atoms with Crippen LogP contribution < -0.4 is 16.4 Å². The summed E-state index contributed by atoms with van der Waals surface area (Å²) >= 11 is 1.03. The summed E-state index contributed by atoms with van der Waals surface area (Å²) in [6.45, 7) is 4.96. The SMILES string of the molecule is CN1CCN(Cc2ccc(C(=O)Nc3sc(Nc4ccnc(F)c4)nc3C(N)=O)cc2)CC1. The lowest BCUT2D eigenvalue weighted by molar-refractivity contribution is 0.0997. The maximum atomic E-state index is 13.3. The molecule has 33 heavy (non-hydrogen) atoms. The molecule has 0 spiro atoms. The molecule has 0 bridgehead atoms. The van der Waals surface area contributed by atoms with Crippen molar-refractivity contribution in [1.29, 1.82) is 0 Å². The Morgan fingerprint density at radius 1 is 1.15 bits per heavy atom. The van der Waals surface area contributed by atoms with E-state index < -0.39 is 11.9 Å². The van der Waals surface area contributed by atoms with Gasteiger partial charge in [0, 0.05) is 56.2 Å². The fourth-order valence-electron chi connectivity index (χ4n) is 3.43. The van der Waals surface area contributed by atoms with Gasteiger partial charge in [-0.2, -0.15) is 4.39 Å². The normalized spacial score (nSPS) is 14.7. The van der Waals surface area contributed by atoms with E-state index in [-0.39, 0.29) is 21.7 Å². The van der Waals surface area contributed by atoms with E-state index in [2.05, 4.69) is 37.4 Å². The highest BCUT2D eigenvalue weighted by Gasteiger charge is 2.19. The van der Waals surface area contributed by atoms with E-state index in [1.165, 1.54) is 12.3 Å². The van der Waals surface area contributed by atoms with Gasteiger partial charge in [-0.05, 0) is 30.8 Å². The number of nitrogens with zero attached hydrogens (tertiary/aromatic N) is 4. The van der Waals surface area contributed by atoms with Gasteiger partial charge in [0.1, 0.15) is 5.00 Å². The van der Waals surface area contributed by atoms with Crippen molar-refractivity contribution < 1.29 is 14.0 Å². The zero-order valence-electron chi connectivity index (χ0n) is 18.0. The van der Waals surface area contributed by atoms with Crippen molar-refractivity contribution in [3.8, 4) is 0 Å². The van der Waals surface area contributed by atoms with Gasteiger partial charge >= 0.3 is 0 Å². The molecule has 1 fully saturated rings. The van der Waals surface area contributed by atoms with Crippen LogP contribution in [-0.4, -0.2) is 64.8 Å². The van der Waals surface area contributed by atoms with Crippen molar-refractivity contribution in [3.63, 3.8) is 0 Å². The van der Waals surface area contributed by atoms with E-state index in [0.29, 0.717) is 11.3 Å². The molecule has 0 aliphatic carbocycles. The van der Waals surface area contributed by atoms with E-state index in [4.69, 9.17) is 5.73 Å². The molecule has 2 aromatic heterocycles. The van der Waals surface area contributed by atoms with Crippen molar-refractivity contribution in [2.45, 2.75) is 6.54 Å². The maximum Gasteiger partial charge on any atom is 0.270 e. The summed E-state index contributed by atoms with van der Waals surface area (Å²) in [5.41, 5.74) is 7.34. The topological polar surface area (TPSA) is 116 Å². The number of pyridine rings is 1. The number of carbonyl (C=O) groups is 2. The second kappa shape index (κ2) is 10.0. The number of nitrogens with one attached hydrogen (secondary N) is 2.